The van der Waals surface area contributed by atoms with Crippen LogP contribution in [-0.2, 0) is 6.54 Å². The van der Waals surface area contributed by atoms with Gasteiger partial charge in [-0.05, 0) is 61.1 Å². The van der Waals surface area contributed by atoms with Crippen LogP contribution in [0.3, 0.4) is 0 Å². The van der Waals surface area contributed by atoms with Crippen molar-refractivity contribution < 1.29 is 9.47 Å². The Morgan fingerprint density at radius 1 is 1.04 bits per heavy atom. The zero-order valence-electron chi connectivity index (χ0n) is 16.0. The van der Waals surface area contributed by atoms with Gasteiger partial charge in [0.25, 0.3) is 0 Å². The minimum absolute atomic E-state index is 0.672. The first-order chi connectivity index (χ1) is 13.2. The molecule has 0 aromatic heterocycles. The number of methoxy groups -OCH3 is 1. The Morgan fingerprint density at radius 3 is 2.44 bits per heavy atom. The molecule has 0 spiro atoms. The lowest BCUT2D eigenvalue weighted by molar-refractivity contribution is 0.177. The highest BCUT2D eigenvalue weighted by atomic mass is 32.1. The van der Waals surface area contributed by atoms with Crippen LogP contribution < -0.4 is 14.8 Å². The maximum absolute atomic E-state index is 5.59. The topological polar surface area (TPSA) is 37.0 Å². The summed E-state index contributed by atoms with van der Waals surface area (Å²) >= 11 is 5.59. The van der Waals surface area contributed by atoms with E-state index in [1.54, 1.807) is 7.11 Å². The van der Waals surface area contributed by atoms with Crippen LogP contribution in [0.25, 0.3) is 0 Å². The quantitative estimate of drug-likeness (QED) is 0.766. The normalized spacial score (nSPS) is 14.7. The Bertz CT molecular complexity index is 743. The second-order valence-corrected chi connectivity index (χ2v) is 6.89. The second kappa shape index (κ2) is 9.58. The number of benzene rings is 2. The molecule has 0 saturated carbocycles. The van der Waals surface area contributed by atoms with Gasteiger partial charge in [0.05, 0.1) is 13.7 Å². The summed E-state index contributed by atoms with van der Waals surface area (Å²) in [6.45, 7) is 7.41. The summed E-state index contributed by atoms with van der Waals surface area (Å²) in [7, 11) is 1.70. The van der Waals surface area contributed by atoms with E-state index in [1.807, 2.05) is 43.3 Å². The van der Waals surface area contributed by atoms with Crippen LogP contribution >= 0.6 is 12.2 Å². The van der Waals surface area contributed by atoms with E-state index in [0.29, 0.717) is 6.61 Å². The van der Waals surface area contributed by atoms with Gasteiger partial charge in [0.1, 0.15) is 11.5 Å². The number of thiocarbonyl (C=S) groups is 1. The zero-order valence-corrected chi connectivity index (χ0v) is 16.8. The summed E-state index contributed by atoms with van der Waals surface area (Å²) in [4.78, 5) is 4.68. The molecule has 1 heterocycles. The molecule has 3 rings (SSSR count). The van der Waals surface area contributed by atoms with Gasteiger partial charge in [0.2, 0.25) is 0 Å². The number of rotatable bonds is 6. The molecule has 2 aromatic carbocycles. The number of nitrogens with one attached hydrogen (secondary N) is 1. The smallest absolute Gasteiger partial charge is 0.173 e. The van der Waals surface area contributed by atoms with Crippen LogP contribution in [0.1, 0.15) is 12.5 Å². The molecule has 2 aromatic rings. The monoisotopic (exact) mass is 385 g/mol. The molecule has 144 valence electrons. The number of hydrogen-bond donors (Lipinski definition) is 1. The Balaban J connectivity index is 1.47. The fourth-order valence-electron chi connectivity index (χ4n) is 3.14. The summed E-state index contributed by atoms with van der Waals surface area (Å²) < 4.78 is 10.8. The standard InChI is InChI=1S/C21H27N3O2S/c1-3-26-19-9-7-18(8-10-19)22-21(27)24-13-11-23(12-14-24)16-17-5-4-6-20(15-17)25-2/h4-10,15H,3,11-14,16H2,1-2H3,(H,22,27). The zero-order chi connectivity index (χ0) is 19.1. The lowest BCUT2D eigenvalue weighted by Crippen LogP contribution is -2.49. The first kappa shape index (κ1) is 19.5. The molecule has 0 atom stereocenters. The van der Waals surface area contributed by atoms with Crippen LogP contribution in [0, 0.1) is 0 Å². The molecule has 6 heteroatoms. The van der Waals surface area contributed by atoms with Crippen molar-refractivity contribution in [3.63, 3.8) is 0 Å². The molecule has 27 heavy (non-hydrogen) atoms. The predicted octanol–water partition coefficient (Wildman–Crippen LogP) is 3.61. The molecule has 0 bridgehead atoms. The number of piperazine rings is 1. The van der Waals surface area contributed by atoms with E-state index in [9.17, 15) is 0 Å². The SMILES string of the molecule is CCOc1ccc(NC(=S)N2CCN(Cc3cccc(OC)c3)CC2)cc1. The molecule has 0 aliphatic carbocycles. The second-order valence-electron chi connectivity index (χ2n) is 6.50. The van der Waals surface area contributed by atoms with Crippen molar-refractivity contribution >= 4 is 23.0 Å². The Hall–Kier alpha value is -2.31. The van der Waals surface area contributed by atoms with Crippen molar-refractivity contribution in [2.45, 2.75) is 13.5 Å². The van der Waals surface area contributed by atoms with Gasteiger partial charge in [-0.2, -0.15) is 0 Å². The van der Waals surface area contributed by atoms with Crippen molar-refractivity contribution in [3.8, 4) is 11.5 Å². The number of nitrogens with zero attached hydrogens (tertiary/aromatic N) is 2. The average molecular weight is 386 g/mol. The van der Waals surface area contributed by atoms with Crippen LogP contribution in [0.2, 0.25) is 0 Å². The minimum Gasteiger partial charge on any atom is -0.497 e. The van der Waals surface area contributed by atoms with Crippen molar-refractivity contribution in [1.82, 2.24) is 9.80 Å². The molecule has 1 fully saturated rings. The maximum atomic E-state index is 5.59. The van der Waals surface area contributed by atoms with Crippen LogP contribution in [-0.4, -0.2) is 54.8 Å². The molecule has 5 nitrogen and oxygen atoms in total. The highest BCUT2D eigenvalue weighted by Gasteiger charge is 2.19. The summed E-state index contributed by atoms with van der Waals surface area (Å²) in [6.07, 6.45) is 0. The minimum atomic E-state index is 0.672. The van der Waals surface area contributed by atoms with E-state index >= 15 is 0 Å². The van der Waals surface area contributed by atoms with Gasteiger partial charge in [0, 0.05) is 38.4 Å². The van der Waals surface area contributed by atoms with E-state index in [2.05, 4.69) is 27.2 Å². The van der Waals surface area contributed by atoms with Crippen molar-refractivity contribution in [3.05, 3.63) is 54.1 Å². The van der Waals surface area contributed by atoms with Gasteiger partial charge in [0.15, 0.2) is 5.11 Å². The molecule has 0 amide bonds. The molecule has 0 radical (unpaired) electrons. The third-order valence-electron chi connectivity index (χ3n) is 4.62. The predicted molar refractivity (Wildman–Crippen MR) is 114 cm³/mol. The first-order valence-electron chi connectivity index (χ1n) is 9.32. The molecule has 1 aliphatic rings. The lowest BCUT2D eigenvalue weighted by Gasteiger charge is -2.36. The van der Waals surface area contributed by atoms with Crippen molar-refractivity contribution in [1.29, 1.82) is 0 Å². The third-order valence-corrected chi connectivity index (χ3v) is 4.98. The van der Waals surface area contributed by atoms with E-state index in [4.69, 9.17) is 21.7 Å². The van der Waals surface area contributed by atoms with Crippen LogP contribution in [0.4, 0.5) is 5.69 Å². The summed E-state index contributed by atoms with van der Waals surface area (Å²) in [6, 6.07) is 16.2. The Kier molecular flexibility index (Phi) is 6.90. The number of ether oxygens (including phenoxy) is 2. The van der Waals surface area contributed by atoms with E-state index in [-0.39, 0.29) is 0 Å². The average Bonchev–Trinajstić information content (AvgIpc) is 2.70. The van der Waals surface area contributed by atoms with Crippen molar-refractivity contribution in [2.75, 3.05) is 45.2 Å². The molecule has 1 N–H and O–H groups in total. The summed E-state index contributed by atoms with van der Waals surface area (Å²) in [5, 5.41) is 4.11. The van der Waals surface area contributed by atoms with Gasteiger partial charge in [-0.15, -0.1) is 0 Å². The van der Waals surface area contributed by atoms with Crippen molar-refractivity contribution in [2.24, 2.45) is 0 Å². The van der Waals surface area contributed by atoms with Gasteiger partial charge in [-0.1, -0.05) is 12.1 Å². The van der Waals surface area contributed by atoms with Gasteiger partial charge < -0.3 is 19.7 Å². The highest BCUT2D eigenvalue weighted by molar-refractivity contribution is 7.80. The highest BCUT2D eigenvalue weighted by Crippen LogP contribution is 2.18. The fourth-order valence-corrected chi connectivity index (χ4v) is 3.44. The largest absolute Gasteiger partial charge is 0.497 e. The molecule has 1 aliphatic heterocycles. The van der Waals surface area contributed by atoms with E-state index < -0.39 is 0 Å². The maximum Gasteiger partial charge on any atom is 0.173 e. The Morgan fingerprint density at radius 2 is 1.78 bits per heavy atom. The lowest BCUT2D eigenvalue weighted by atomic mass is 10.2. The van der Waals surface area contributed by atoms with E-state index in [1.165, 1.54) is 5.56 Å². The molecule has 0 unspecified atom stereocenters. The number of anilines is 1. The van der Waals surface area contributed by atoms with E-state index in [0.717, 1.165) is 55.0 Å². The van der Waals surface area contributed by atoms with Gasteiger partial charge in [-0.25, -0.2) is 0 Å². The van der Waals surface area contributed by atoms with Crippen LogP contribution in [0.15, 0.2) is 48.5 Å². The van der Waals surface area contributed by atoms with Crippen LogP contribution in [0.5, 0.6) is 11.5 Å². The molecule has 1 saturated heterocycles. The van der Waals surface area contributed by atoms with Gasteiger partial charge in [-0.3, -0.25) is 4.90 Å². The Labute approximate surface area is 166 Å². The summed E-state index contributed by atoms with van der Waals surface area (Å²) in [5.41, 5.74) is 2.26. The third kappa shape index (κ3) is 5.58. The molecular weight excluding hydrogens is 358 g/mol. The summed E-state index contributed by atoms with van der Waals surface area (Å²) in [5.74, 6) is 1.78. The number of hydrogen-bond acceptors (Lipinski definition) is 4. The fraction of sp³-hybridized carbons (Fsp3) is 0.381. The molecular formula is C21H27N3O2S. The first-order valence-corrected chi connectivity index (χ1v) is 9.73. The van der Waals surface area contributed by atoms with Gasteiger partial charge >= 0.3 is 0 Å².